The number of benzene rings is 1. The molecule has 1 aromatic carbocycles. The van der Waals surface area contributed by atoms with Gasteiger partial charge in [-0.3, -0.25) is 14.3 Å². The largest absolute Gasteiger partial charge is 0.357 e. The lowest BCUT2D eigenvalue weighted by Gasteiger charge is -2.10. The monoisotopic (exact) mass is 393 g/mol. The molecule has 0 bridgehead atoms. The number of para-hydroxylation sites is 1. The minimum Gasteiger partial charge on any atom is -0.357 e. The van der Waals surface area contributed by atoms with Crippen LogP contribution in [0.25, 0.3) is 16.9 Å². The van der Waals surface area contributed by atoms with Gasteiger partial charge in [0.15, 0.2) is 0 Å². The van der Waals surface area contributed by atoms with Crippen molar-refractivity contribution in [1.29, 1.82) is 0 Å². The number of aryl methyl sites for hydroxylation is 1. The Kier molecular flexibility index (Phi) is 4.70. The Balaban J connectivity index is 1.49. The van der Waals surface area contributed by atoms with Gasteiger partial charge < -0.3 is 10.3 Å². The summed E-state index contributed by atoms with van der Waals surface area (Å²) < 4.78 is 3.31. The first-order valence-corrected chi connectivity index (χ1v) is 9.63. The molecule has 0 saturated heterocycles. The SMILES string of the molecule is Cc1nc(-c2c[nH]c(C(=O)NCc3cc(=O)n(-c4ccccc4)n3C)c2)cs1. The predicted molar refractivity (Wildman–Crippen MR) is 109 cm³/mol. The quantitative estimate of drug-likeness (QED) is 0.547. The van der Waals surface area contributed by atoms with Crippen LogP contribution in [-0.2, 0) is 13.6 Å². The van der Waals surface area contributed by atoms with Gasteiger partial charge in [0.05, 0.1) is 28.6 Å². The van der Waals surface area contributed by atoms with Crippen molar-refractivity contribution in [2.45, 2.75) is 13.5 Å². The fourth-order valence-electron chi connectivity index (χ4n) is 3.04. The second kappa shape index (κ2) is 7.32. The van der Waals surface area contributed by atoms with Gasteiger partial charge in [0.25, 0.3) is 11.5 Å². The van der Waals surface area contributed by atoms with Gasteiger partial charge in [-0.25, -0.2) is 9.67 Å². The minimum absolute atomic E-state index is 0.140. The lowest BCUT2D eigenvalue weighted by atomic mass is 10.2. The smallest absolute Gasteiger partial charge is 0.271 e. The van der Waals surface area contributed by atoms with Gasteiger partial charge in [0.1, 0.15) is 5.69 Å². The fraction of sp³-hybridized carbons (Fsp3) is 0.150. The van der Waals surface area contributed by atoms with Crippen LogP contribution in [-0.4, -0.2) is 25.2 Å². The van der Waals surface area contributed by atoms with Crippen molar-refractivity contribution in [3.63, 3.8) is 0 Å². The summed E-state index contributed by atoms with van der Waals surface area (Å²) in [4.78, 5) is 32.3. The summed E-state index contributed by atoms with van der Waals surface area (Å²) in [5.41, 5.74) is 3.52. The maximum absolute atomic E-state index is 12.5. The van der Waals surface area contributed by atoms with E-state index in [1.807, 2.05) is 42.6 Å². The van der Waals surface area contributed by atoms with E-state index < -0.39 is 0 Å². The molecule has 3 aromatic heterocycles. The fourth-order valence-corrected chi connectivity index (χ4v) is 3.67. The maximum Gasteiger partial charge on any atom is 0.271 e. The Morgan fingerprint density at radius 1 is 1.25 bits per heavy atom. The number of aromatic amines is 1. The highest BCUT2D eigenvalue weighted by atomic mass is 32.1. The molecule has 0 radical (unpaired) electrons. The third-order valence-corrected chi connectivity index (χ3v) is 5.26. The van der Waals surface area contributed by atoms with Gasteiger partial charge in [-0.1, -0.05) is 18.2 Å². The van der Waals surface area contributed by atoms with Gasteiger partial charge >= 0.3 is 0 Å². The lowest BCUT2D eigenvalue weighted by molar-refractivity contribution is 0.0945. The van der Waals surface area contributed by atoms with Crippen LogP contribution >= 0.6 is 11.3 Å². The predicted octanol–water partition coefficient (Wildman–Crippen LogP) is 2.87. The number of H-pyrrole nitrogens is 1. The molecule has 1 amide bonds. The molecule has 7 nitrogen and oxygen atoms in total. The van der Waals surface area contributed by atoms with Crippen LogP contribution in [0.4, 0.5) is 0 Å². The summed E-state index contributed by atoms with van der Waals surface area (Å²) in [5, 5.41) is 5.80. The zero-order chi connectivity index (χ0) is 19.7. The third-order valence-electron chi connectivity index (χ3n) is 4.49. The zero-order valence-corrected chi connectivity index (χ0v) is 16.3. The Morgan fingerprint density at radius 3 is 2.75 bits per heavy atom. The van der Waals surface area contributed by atoms with E-state index in [0.717, 1.165) is 22.0 Å². The highest BCUT2D eigenvalue weighted by molar-refractivity contribution is 7.09. The molecule has 0 aliphatic carbocycles. The van der Waals surface area contributed by atoms with Crippen molar-refractivity contribution in [3.8, 4) is 16.9 Å². The van der Waals surface area contributed by atoms with Gasteiger partial charge in [-0.2, -0.15) is 0 Å². The summed E-state index contributed by atoms with van der Waals surface area (Å²) in [6.45, 7) is 2.19. The number of aromatic nitrogens is 4. The number of thiazole rings is 1. The van der Waals surface area contributed by atoms with Crippen molar-refractivity contribution < 1.29 is 4.79 Å². The van der Waals surface area contributed by atoms with E-state index in [0.29, 0.717) is 11.4 Å². The second-order valence-electron chi connectivity index (χ2n) is 6.38. The van der Waals surface area contributed by atoms with Crippen molar-refractivity contribution in [2.75, 3.05) is 0 Å². The molecule has 0 aliphatic rings. The van der Waals surface area contributed by atoms with Crippen LogP contribution in [0.2, 0.25) is 0 Å². The van der Waals surface area contributed by atoms with Crippen molar-refractivity contribution in [2.24, 2.45) is 7.05 Å². The Labute approximate surface area is 165 Å². The lowest BCUT2D eigenvalue weighted by Crippen LogP contribution is -2.25. The molecular weight excluding hydrogens is 374 g/mol. The molecule has 0 aliphatic heterocycles. The van der Waals surface area contributed by atoms with Crippen molar-refractivity contribution in [1.82, 2.24) is 24.6 Å². The molecule has 3 heterocycles. The summed E-state index contributed by atoms with van der Waals surface area (Å²) in [5.74, 6) is -0.238. The number of carbonyl (C=O) groups excluding carboxylic acids is 1. The Morgan fingerprint density at radius 2 is 2.04 bits per heavy atom. The number of hydrogen-bond acceptors (Lipinski definition) is 4. The summed E-state index contributed by atoms with van der Waals surface area (Å²) in [7, 11) is 1.80. The van der Waals surface area contributed by atoms with Crippen LogP contribution in [0, 0.1) is 6.92 Å². The van der Waals surface area contributed by atoms with Gasteiger partial charge in [-0.15, -0.1) is 11.3 Å². The van der Waals surface area contributed by atoms with Gasteiger partial charge in [-0.05, 0) is 25.1 Å². The van der Waals surface area contributed by atoms with Crippen LogP contribution < -0.4 is 10.9 Å². The first-order valence-electron chi connectivity index (χ1n) is 8.75. The van der Waals surface area contributed by atoms with E-state index in [-0.39, 0.29) is 18.0 Å². The molecule has 0 unspecified atom stereocenters. The summed E-state index contributed by atoms with van der Waals surface area (Å²) in [6.07, 6.45) is 1.77. The first kappa shape index (κ1) is 18.0. The molecule has 0 atom stereocenters. The number of nitrogens with one attached hydrogen (secondary N) is 2. The second-order valence-corrected chi connectivity index (χ2v) is 7.44. The van der Waals surface area contributed by atoms with E-state index in [4.69, 9.17) is 0 Å². The highest BCUT2D eigenvalue weighted by Crippen LogP contribution is 2.22. The molecule has 0 fully saturated rings. The van der Waals surface area contributed by atoms with Crippen molar-refractivity contribution >= 4 is 17.2 Å². The average Bonchev–Trinajstić information content (AvgIpc) is 3.40. The normalized spacial score (nSPS) is 10.9. The molecule has 4 aromatic rings. The third kappa shape index (κ3) is 3.41. The molecule has 0 saturated carbocycles. The number of nitrogens with zero attached hydrogens (tertiary/aromatic N) is 3. The minimum atomic E-state index is -0.238. The van der Waals surface area contributed by atoms with Crippen LogP contribution in [0.15, 0.2) is 58.8 Å². The average molecular weight is 393 g/mol. The van der Waals surface area contributed by atoms with Crippen LogP contribution in [0.3, 0.4) is 0 Å². The summed E-state index contributed by atoms with van der Waals surface area (Å²) >= 11 is 1.57. The molecule has 142 valence electrons. The topological polar surface area (TPSA) is 84.7 Å². The van der Waals surface area contributed by atoms with Gasteiger partial charge in [0.2, 0.25) is 0 Å². The standard InChI is InChI=1S/C20H19N5O2S/c1-13-23-18(12-28-13)14-8-17(21-10-14)20(27)22-11-16-9-19(26)25(24(16)2)15-6-4-3-5-7-15/h3-10,12,21H,11H2,1-2H3,(H,22,27). The summed E-state index contributed by atoms with van der Waals surface area (Å²) in [6, 6.07) is 12.7. The number of carbonyl (C=O) groups is 1. The van der Waals surface area contributed by atoms with Gasteiger partial charge in [0, 0.05) is 30.3 Å². The number of rotatable bonds is 5. The van der Waals surface area contributed by atoms with E-state index >= 15 is 0 Å². The highest BCUT2D eigenvalue weighted by Gasteiger charge is 2.14. The van der Waals surface area contributed by atoms with E-state index in [1.54, 1.807) is 40.0 Å². The Bertz CT molecular complexity index is 1180. The maximum atomic E-state index is 12.5. The number of hydrogen-bond donors (Lipinski definition) is 2. The molecular formula is C20H19N5O2S. The molecule has 0 spiro atoms. The molecule has 28 heavy (non-hydrogen) atoms. The first-order chi connectivity index (χ1) is 13.5. The van der Waals surface area contributed by atoms with E-state index in [9.17, 15) is 9.59 Å². The van der Waals surface area contributed by atoms with Crippen LogP contribution in [0.5, 0.6) is 0 Å². The van der Waals surface area contributed by atoms with E-state index in [1.165, 1.54) is 6.07 Å². The molecule has 8 heteroatoms. The molecule has 2 N–H and O–H groups in total. The molecule has 4 rings (SSSR count). The van der Waals surface area contributed by atoms with Crippen LogP contribution in [0.1, 0.15) is 21.2 Å². The van der Waals surface area contributed by atoms with Crippen molar-refractivity contribution in [3.05, 3.63) is 80.8 Å². The zero-order valence-electron chi connectivity index (χ0n) is 15.5. The van der Waals surface area contributed by atoms with E-state index in [2.05, 4.69) is 15.3 Å². The Hall–Kier alpha value is -3.39. The number of amides is 1.